The highest BCUT2D eigenvalue weighted by Crippen LogP contribution is 2.34. The SMILES string of the molecule is Nc1ccc(-c2cc3cc(C(=O)N4CCNCC4)ccc3[nH]2)c2c1C(=O)NC2=O. The zero-order chi connectivity index (χ0) is 20.1. The van der Waals surface area contributed by atoms with Gasteiger partial charge in [-0.25, -0.2) is 0 Å². The van der Waals surface area contributed by atoms with Crippen LogP contribution in [0.1, 0.15) is 31.1 Å². The Morgan fingerprint density at radius 2 is 1.72 bits per heavy atom. The van der Waals surface area contributed by atoms with Gasteiger partial charge in [-0.2, -0.15) is 0 Å². The molecule has 0 atom stereocenters. The van der Waals surface area contributed by atoms with Crippen LogP contribution in [0.3, 0.4) is 0 Å². The van der Waals surface area contributed by atoms with Gasteiger partial charge < -0.3 is 20.9 Å². The largest absolute Gasteiger partial charge is 0.398 e. The van der Waals surface area contributed by atoms with Crippen LogP contribution in [-0.2, 0) is 0 Å². The lowest BCUT2D eigenvalue weighted by molar-refractivity contribution is 0.0735. The first kappa shape index (κ1) is 17.4. The normalized spacial score (nSPS) is 16.2. The van der Waals surface area contributed by atoms with Gasteiger partial charge in [-0.1, -0.05) is 0 Å². The Morgan fingerprint density at radius 1 is 0.966 bits per heavy atom. The maximum atomic E-state index is 12.8. The van der Waals surface area contributed by atoms with E-state index in [4.69, 9.17) is 5.73 Å². The van der Waals surface area contributed by atoms with Crippen LogP contribution in [0.4, 0.5) is 5.69 Å². The number of benzene rings is 2. The number of nitrogen functional groups attached to an aromatic ring is 1. The molecule has 3 aromatic rings. The number of hydrogen-bond acceptors (Lipinski definition) is 5. The van der Waals surface area contributed by atoms with Gasteiger partial charge in [0, 0.05) is 59.6 Å². The predicted octanol–water partition coefficient (Wildman–Crippen LogP) is 1.35. The number of carbonyl (C=O) groups excluding carboxylic acids is 3. The summed E-state index contributed by atoms with van der Waals surface area (Å²) >= 11 is 0. The van der Waals surface area contributed by atoms with Gasteiger partial charge in [-0.3, -0.25) is 19.7 Å². The van der Waals surface area contributed by atoms with Crippen molar-refractivity contribution in [2.75, 3.05) is 31.9 Å². The van der Waals surface area contributed by atoms with Gasteiger partial charge >= 0.3 is 0 Å². The van der Waals surface area contributed by atoms with E-state index in [0.717, 1.165) is 24.0 Å². The lowest BCUT2D eigenvalue weighted by atomic mass is 9.98. The van der Waals surface area contributed by atoms with Crippen LogP contribution in [0.5, 0.6) is 0 Å². The molecule has 0 spiro atoms. The minimum Gasteiger partial charge on any atom is -0.398 e. The van der Waals surface area contributed by atoms with Crippen molar-refractivity contribution in [1.82, 2.24) is 20.5 Å². The number of nitrogens with zero attached hydrogens (tertiary/aromatic N) is 1. The van der Waals surface area contributed by atoms with E-state index in [2.05, 4.69) is 15.6 Å². The first-order chi connectivity index (χ1) is 14.0. The molecule has 29 heavy (non-hydrogen) atoms. The molecule has 5 rings (SSSR count). The van der Waals surface area contributed by atoms with Crippen molar-refractivity contribution in [2.24, 2.45) is 0 Å². The molecule has 5 N–H and O–H groups in total. The lowest BCUT2D eigenvalue weighted by Gasteiger charge is -2.27. The van der Waals surface area contributed by atoms with Crippen molar-refractivity contribution in [1.29, 1.82) is 0 Å². The summed E-state index contributed by atoms with van der Waals surface area (Å²) in [5, 5.41) is 6.40. The van der Waals surface area contributed by atoms with Crippen molar-refractivity contribution in [3.63, 3.8) is 0 Å². The van der Waals surface area contributed by atoms with Crippen LogP contribution in [0, 0.1) is 0 Å². The van der Waals surface area contributed by atoms with Crippen LogP contribution in [0.25, 0.3) is 22.2 Å². The minimum atomic E-state index is -0.482. The molecule has 2 aromatic carbocycles. The molecule has 8 heteroatoms. The number of hydrogen-bond donors (Lipinski definition) is 4. The first-order valence-corrected chi connectivity index (χ1v) is 9.44. The van der Waals surface area contributed by atoms with Gasteiger partial charge in [-0.15, -0.1) is 0 Å². The van der Waals surface area contributed by atoms with Gasteiger partial charge in [-0.05, 0) is 36.4 Å². The summed E-state index contributed by atoms with van der Waals surface area (Å²) in [5.74, 6) is -0.931. The Morgan fingerprint density at radius 3 is 2.52 bits per heavy atom. The van der Waals surface area contributed by atoms with Crippen molar-refractivity contribution in [3.05, 3.63) is 53.1 Å². The molecule has 1 saturated heterocycles. The smallest absolute Gasteiger partial charge is 0.261 e. The monoisotopic (exact) mass is 389 g/mol. The Balaban J connectivity index is 1.56. The van der Waals surface area contributed by atoms with Crippen LogP contribution >= 0.6 is 0 Å². The van der Waals surface area contributed by atoms with Gasteiger partial charge in [0.2, 0.25) is 0 Å². The second-order valence-electron chi connectivity index (χ2n) is 7.26. The molecule has 0 saturated carbocycles. The number of fused-ring (bicyclic) bond motifs is 2. The van der Waals surface area contributed by atoms with E-state index in [1.54, 1.807) is 18.2 Å². The molecule has 1 aromatic heterocycles. The highest BCUT2D eigenvalue weighted by Gasteiger charge is 2.32. The topological polar surface area (TPSA) is 120 Å². The quantitative estimate of drug-likeness (QED) is 0.389. The molecule has 146 valence electrons. The summed E-state index contributed by atoms with van der Waals surface area (Å²) in [6, 6.07) is 10.7. The molecular formula is C21H19N5O3. The molecule has 1 fully saturated rings. The molecule has 8 nitrogen and oxygen atoms in total. The highest BCUT2D eigenvalue weighted by atomic mass is 16.2. The number of H-pyrrole nitrogens is 1. The number of imide groups is 1. The summed E-state index contributed by atoms with van der Waals surface area (Å²) in [6.07, 6.45) is 0. The molecule has 0 bridgehead atoms. The third-order valence-electron chi connectivity index (χ3n) is 5.48. The number of rotatable bonds is 2. The summed E-state index contributed by atoms with van der Waals surface area (Å²) in [7, 11) is 0. The Kier molecular flexibility index (Phi) is 3.88. The van der Waals surface area contributed by atoms with Crippen LogP contribution < -0.4 is 16.4 Å². The van der Waals surface area contributed by atoms with Crippen molar-refractivity contribution in [2.45, 2.75) is 0 Å². The summed E-state index contributed by atoms with van der Waals surface area (Å²) < 4.78 is 0. The second-order valence-corrected chi connectivity index (χ2v) is 7.26. The second kappa shape index (κ2) is 6.46. The zero-order valence-electron chi connectivity index (χ0n) is 15.5. The number of aromatic amines is 1. The zero-order valence-corrected chi connectivity index (χ0v) is 15.5. The van der Waals surface area contributed by atoms with Crippen LogP contribution in [-0.4, -0.2) is 53.8 Å². The predicted molar refractivity (Wildman–Crippen MR) is 109 cm³/mol. The maximum Gasteiger partial charge on any atom is 0.261 e. The number of amides is 3. The standard InChI is InChI=1S/C21H19N5O3/c22-14-3-2-13(17-18(14)20(28)25-19(17)27)16-10-12-9-11(1-4-15(12)24-16)21(29)26-7-5-23-6-8-26/h1-4,9-10,23-24H,5-8,22H2,(H,25,27,28). The van der Waals surface area contributed by atoms with E-state index in [0.29, 0.717) is 29.9 Å². The lowest BCUT2D eigenvalue weighted by Crippen LogP contribution is -2.46. The van der Waals surface area contributed by atoms with Crippen LogP contribution in [0.15, 0.2) is 36.4 Å². The third kappa shape index (κ3) is 2.76. The number of piperazine rings is 1. The van der Waals surface area contributed by atoms with Gasteiger partial charge in [0.05, 0.1) is 11.1 Å². The fourth-order valence-corrected chi connectivity index (χ4v) is 4.01. The molecule has 0 aliphatic carbocycles. The maximum absolute atomic E-state index is 12.8. The van der Waals surface area contributed by atoms with E-state index in [9.17, 15) is 14.4 Å². The van der Waals surface area contributed by atoms with Crippen molar-refractivity contribution in [3.8, 4) is 11.3 Å². The van der Waals surface area contributed by atoms with Crippen molar-refractivity contribution < 1.29 is 14.4 Å². The fraction of sp³-hybridized carbons (Fsp3) is 0.190. The van der Waals surface area contributed by atoms with E-state index >= 15 is 0 Å². The van der Waals surface area contributed by atoms with E-state index in [-0.39, 0.29) is 22.7 Å². The summed E-state index contributed by atoms with van der Waals surface area (Å²) in [6.45, 7) is 2.97. The minimum absolute atomic E-state index is 0.00880. The molecule has 2 aliphatic rings. The van der Waals surface area contributed by atoms with Gasteiger partial charge in [0.25, 0.3) is 17.7 Å². The molecular weight excluding hydrogens is 370 g/mol. The third-order valence-corrected chi connectivity index (χ3v) is 5.48. The average molecular weight is 389 g/mol. The molecule has 3 heterocycles. The molecule has 0 unspecified atom stereocenters. The first-order valence-electron chi connectivity index (χ1n) is 9.44. The molecule has 0 radical (unpaired) electrons. The highest BCUT2D eigenvalue weighted by molar-refractivity contribution is 6.26. The molecule has 2 aliphatic heterocycles. The average Bonchev–Trinajstić information content (AvgIpc) is 3.29. The summed E-state index contributed by atoms with van der Waals surface area (Å²) in [5.41, 5.74) is 9.41. The number of nitrogens with one attached hydrogen (secondary N) is 3. The Bertz CT molecular complexity index is 1190. The number of carbonyl (C=O) groups is 3. The Hall–Kier alpha value is -3.65. The number of aromatic nitrogens is 1. The Labute approximate surface area is 166 Å². The number of anilines is 1. The van der Waals surface area contributed by atoms with E-state index in [1.165, 1.54) is 0 Å². The molecule has 3 amide bonds. The number of nitrogens with two attached hydrogens (primary N) is 1. The van der Waals surface area contributed by atoms with E-state index < -0.39 is 11.8 Å². The summed E-state index contributed by atoms with van der Waals surface area (Å²) in [4.78, 5) is 42.2. The van der Waals surface area contributed by atoms with Gasteiger partial charge in [0.15, 0.2) is 0 Å². The van der Waals surface area contributed by atoms with Crippen LogP contribution in [0.2, 0.25) is 0 Å². The fourth-order valence-electron chi connectivity index (χ4n) is 4.01. The van der Waals surface area contributed by atoms with E-state index in [1.807, 2.05) is 23.1 Å². The van der Waals surface area contributed by atoms with Gasteiger partial charge in [0.1, 0.15) is 0 Å². The van der Waals surface area contributed by atoms with Crippen molar-refractivity contribution >= 4 is 34.3 Å².